The maximum absolute atomic E-state index is 12.0. The van der Waals surface area contributed by atoms with Gasteiger partial charge in [-0.2, -0.15) is 0 Å². The molecule has 0 aliphatic rings. The number of benzene rings is 1. The topological polar surface area (TPSA) is 60.8 Å². The van der Waals surface area contributed by atoms with Crippen molar-refractivity contribution in [2.24, 2.45) is 0 Å². The van der Waals surface area contributed by atoms with E-state index >= 15 is 0 Å². The summed E-state index contributed by atoms with van der Waals surface area (Å²) < 4.78 is 0. The van der Waals surface area contributed by atoms with E-state index < -0.39 is 0 Å². The Morgan fingerprint density at radius 2 is 1.72 bits per heavy atom. The van der Waals surface area contributed by atoms with Crippen molar-refractivity contribution in [3.8, 4) is 11.5 Å². The van der Waals surface area contributed by atoms with E-state index in [4.69, 9.17) is 0 Å². The van der Waals surface area contributed by atoms with E-state index in [2.05, 4.69) is 18.7 Å². The fourth-order valence-electron chi connectivity index (χ4n) is 1.89. The number of ketones is 1. The van der Waals surface area contributed by atoms with Crippen LogP contribution in [-0.4, -0.2) is 40.5 Å². The Labute approximate surface area is 108 Å². The van der Waals surface area contributed by atoms with E-state index in [0.717, 1.165) is 25.9 Å². The number of phenolic OH excluding ortho intramolecular Hbond substituents is 2. The number of phenols is 2. The van der Waals surface area contributed by atoms with Crippen LogP contribution >= 0.6 is 0 Å². The average molecular weight is 251 g/mol. The molecular formula is C14H21NO3. The number of carbonyl (C=O) groups excluding carboxylic acids is 1. The summed E-state index contributed by atoms with van der Waals surface area (Å²) in [7, 11) is 0. The number of carbonyl (C=O) groups is 1. The highest BCUT2D eigenvalue weighted by Crippen LogP contribution is 2.25. The van der Waals surface area contributed by atoms with E-state index in [1.807, 2.05) is 0 Å². The molecule has 0 fully saturated rings. The maximum atomic E-state index is 12.0. The van der Waals surface area contributed by atoms with Crippen molar-refractivity contribution in [1.82, 2.24) is 4.90 Å². The maximum Gasteiger partial charge on any atom is 0.176 e. The third-order valence-corrected chi connectivity index (χ3v) is 2.74. The first-order valence-electron chi connectivity index (χ1n) is 6.36. The van der Waals surface area contributed by atoms with E-state index in [0.29, 0.717) is 12.1 Å². The molecule has 0 unspecified atom stereocenters. The molecule has 18 heavy (non-hydrogen) atoms. The number of hydrogen-bond acceptors (Lipinski definition) is 4. The second-order valence-corrected chi connectivity index (χ2v) is 4.40. The number of aromatic hydroxyl groups is 2. The molecule has 100 valence electrons. The Balaban J connectivity index is 2.70. The van der Waals surface area contributed by atoms with Crippen LogP contribution in [0.3, 0.4) is 0 Å². The van der Waals surface area contributed by atoms with E-state index in [9.17, 15) is 15.0 Å². The Morgan fingerprint density at radius 1 is 1.11 bits per heavy atom. The number of Topliss-reactive ketones (excluding diaryl/α,β-unsaturated/α-hetero) is 1. The highest BCUT2D eigenvalue weighted by atomic mass is 16.3. The molecule has 1 aromatic carbocycles. The monoisotopic (exact) mass is 251 g/mol. The first-order valence-corrected chi connectivity index (χ1v) is 6.36. The summed E-state index contributed by atoms with van der Waals surface area (Å²) in [5, 5.41) is 18.6. The smallest absolute Gasteiger partial charge is 0.176 e. The fourth-order valence-corrected chi connectivity index (χ4v) is 1.89. The van der Waals surface area contributed by atoms with Gasteiger partial charge in [0.2, 0.25) is 0 Å². The van der Waals surface area contributed by atoms with Gasteiger partial charge < -0.3 is 10.2 Å². The molecule has 1 aromatic rings. The molecule has 0 spiro atoms. The summed E-state index contributed by atoms with van der Waals surface area (Å²) in [5.41, 5.74) is 0.433. The quantitative estimate of drug-likeness (QED) is 0.577. The summed E-state index contributed by atoms with van der Waals surface area (Å²) >= 11 is 0. The molecule has 0 aromatic heterocycles. The summed E-state index contributed by atoms with van der Waals surface area (Å²) in [4.78, 5) is 14.1. The van der Waals surface area contributed by atoms with Gasteiger partial charge >= 0.3 is 0 Å². The van der Waals surface area contributed by atoms with Crippen LogP contribution in [0.4, 0.5) is 0 Å². The normalized spacial score (nSPS) is 10.8. The minimum Gasteiger partial charge on any atom is -0.504 e. The molecule has 2 N–H and O–H groups in total. The van der Waals surface area contributed by atoms with Crippen LogP contribution in [0.5, 0.6) is 11.5 Å². The Morgan fingerprint density at radius 3 is 2.22 bits per heavy atom. The van der Waals surface area contributed by atoms with E-state index in [1.165, 1.54) is 18.2 Å². The van der Waals surface area contributed by atoms with Crippen molar-refractivity contribution in [1.29, 1.82) is 0 Å². The molecular weight excluding hydrogens is 230 g/mol. The second-order valence-electron chi connectivity index (χ2n) is 4.40. The Kier molecular flexibility index (Phi) is 5.65. The van der Waals surface area contributed by atoms with Crippen molar-refractivity contribution in [3.05, 3.63) is 23.8 Å². The minimum absolute atomic E-state index is 0.0350. The lowest BCUT2D eigenvalue weighted by Crippen LogP contribution is -2.31. The molecule has 0 amide bonds. The van der Waals surface area contributed by atoms with Gasteiger partial charge in [0.25, 0.3) is 0 Å². The molecule has 0 radical (unpaired) electrons. The molecule has 0 heterocycles. The van der Waals surface area contributed by atoms with Gasteiger partial charge in [-0.05, 0) is 44.1 Å². The number of nitrogens with zero attached hydrogens (tertiary/aromatic N) is 1. The minimum atomic E-state index is -0.251. The summed E-state index contributed by atoms with van der Waals surface area (Å²) in [6.45, 7) is 6.30. The highest BCUT2D eigenvalue weighted by molar-refractivity contribution is 5.98. The molecule has 0 saturated heterocycles. The molecule has 0 aliphatic carbocycles. The molecule has 0 bridgehead atoms. The Hall–Kier alpha value is -1.55. The van der Waals surface area contributed by atoms with Crippen LogP contribution < -0.4 is 0 Å². The number of rotatable bonds is 7. The summed E-state index contributed by atoms with van der Waals surface area (Å²) in [5.74, 6) is -0.490. The van der Waals surface area contributed by atoms with Gasteiger partial charge in [-0.15, -0.1) is 0 Å². The van der Waals surface area contributed by atoms with Crippen molar-refractivity contribution in [3.63, 3.8) is 0 Å². The first-order chi connectivity index (χ1) is 8.58. The van der Waals surface area contributed by atoms with Crippen LogP contribution in [0.25, 0.3) is 0 Å². The van der Waals surface area contributed by atoms with E-state index in [1.54, 1.807) is 0 Å². The lowest BCUT2D eigenvalue weighted by atomic mass is 10.1. The van der Waals surface area contributed by atoms with Crippen molar-refractivity contribution >= 4 is 5.78 Å². The summed E-state index contributed by atoms with van der Waals surface area (Å²) in [6.07, 6.45) is 2.02. The largest absolute Gasteiger partial charge is 0.504 e. The van der Waals surface area contributed by atoms with Gasteiger partial charge in [-0.25, -0.2) is 0 Å². The van der Waals surface area contributed by atoms with Gasteiger partial charge in [0.15, 0.2) is 17.3 Å². The molecule has 0 saturated carbocycles. The number of hydrogen-bond donors (Lipinski definition) is 2. The second kappa shape index (κ2) is 7.01. The van der Waals surface area contributed by atoms with Gasteiger partial charge in [-0.1, -0.05) is 13.8 Å². The lowest BCUT2D eigenvalue weighted by molar-refractivity contribution is 0.0930. The van der Waals surface area contributed by atoms with Crippen LogP contribution in [0.15, 0.2) is 18.2 Å². The zero-order valence-corrected chi connectivity index (χ0v) is 11.0. The van der Waals surface area contributed by atoms with Crippen molar-refractivity contribution in [2.45, 2.75) is 26.7 Å². The average Bonchev–Trinajstić information content (AvgIpc) is 2.33. The third kappa shape index (κ3) is 4.04. The molecule has 4 heteroatoms. The molecule has 0 aliphatic heterocycles. The van der Waals surface area contributed by atoms with Gasteiger partial charge in [0.05, 0.1) is 6.54 Å². The van der Waals surface area contributed by atoms with Crippen LogP contribution in [0.1, 0.15) is 37.0 Å². The summed E-state index contributed by atoms with van der Waals surface area (Å²) in [6, 6.07) is 4.19. The standard InChI is InChI=1S/C14H21NO3/c1-3-7-15(8-4-2)10-14(18)11-5-6-12(16)13(17)9-11/h5-6,9,16-17H,3-4,7-8,10H2,1-2H3. The first kappa shape index (κ1) is 14.5. The van der Waals surface area contributed by atoms with Gasteiger partial charge in [0, 0.05) is 5.56 Å². The molecule has 0 atom stereocenters. The predicted octanol–water partition coefficient (Wildman–Crippen LogP) is 2.40. The predicted molar refractivity (Wildman–Crippen MR) is 71.1 cm³/mol. The molecule has 1 rings (SSSR count). The van der Waals surface area contributed by atoms with Gasteiger partial charge in [-0.3, -0.25) is 9.69 Å². The zero-order valence-electron chi connectivity index (χ0n) is 11.0. The highest BCUT2D eigenvalue weighted by Gasteiger charge is 2.13. The van der Waals surface area contributed by atoms with Crippen molar-refractivity contribution in [2.75, 3.05) is 19.6 Å². The van der Waals surface area contributed by atoms with E-state index in [-0.39, 0.29) is 17.3 Å². The Bertz CT molecular complexity index is 398. The van der Waals surface area contributed by atoms with Gasteiger partial charge in [0.1, 0.15) is 0 Å². The van der Waals surface area contributed by atoms with Crippen LogP contribution in [-0.2, 0) is 0 Å². The fraction of sp³-hybridized carbons (Fsp3) is 0.500. The van der Waals surface area contributed by atoms with Crippen LogP contribution in [0, 0.1) is 0 Å². The third-order valence-electron chi connectivity index (χ3n) is 2.74. The van der Waals surface area contributed by atoms with Crippen molar-refractivity contribution < 1.29 is 15.0 Å². The SMILES string of the molecule is CCCN(CCC)CC(=O)c1ccc(O)c(O)c1. The van der Waals surface area contributed by atoms with Crippen LogP contribution in [0.2, 0.25) is 0 Å². The lowest BCUT2D eigenvalue weighted by Gasteiger charge is -2.19. The zero-order chi connectivity index (χ0) is 13.5. The molecule has 4 nitrogen and oxygen atoms in total.